The highest BCUT2D eigenvalue weighted by Crippen LogP contribution is 2.31. The summed E-state index contributed by atoms with van der Waals surface area (Å²) in [5, 5.41) is 5.06. The first-order valence-corrected chi connectivity index (χ1v) is 5.46. The van der Waals surface area contributed by atoms with Crippen molar-refractivity contribution in [3.63, 3.8) is 0 Å². The summed E-state index contributed by atoms with van der Waals surface area (Å²) in [6, 6.07) is 3.20. The number of hydrogen-bond donors (Lipinski definition) is 2. The third kappa shape index (κ3) is 4.64. The van der Waals surface area contributed by atoms with Gasteiger partial charge in [-0.05, 0) is 24.6 Å². The van der Waals surface area contributed by atoms with Crippen molar-refractivity contribution >= 4 is 11.6 Å². The van der Waals surface area contributed by atoms with E-state index in [0.717, 1.165) is 12.1 Å². The van der Waals surface area contributed by atoms with E-state index < -0.39 is 17.6 Å². The van der Waals surface area contributed by atoms with Crippen LogP contribution in [0.2, 0.25) is 0 Å². The Morgan fingerprint density at radius 1 is 1.42 bits per heavy atom. The van der Waals surface area contributed by atoms with Crippen LogP contribution in [-0.4, -0.2) is 19.0 Å². The fourth-order valence-corrected chi connectivity index (χ4v) is 1.38. The summed E-state index contributed by atoms with van der Waals surface area (Å²) >= 11 is 0. The van der Waals surface area contributed by atoms with E-state index >= 15 is 0 Å². The van der Waals surface area contributed by atoms with E-state index in [1.807, 2.05) is 0 Å². The SMILES string of the molecule is C#CCNCC(=O)Nc1cc(C(F)(F)F)ccc1C. The Bertz CT molecular complexity index is 504. The van der Waals surface area contributed by atoms with Crippen LogP contribution in [-0.2, 0) is 11.0 Å². The largest absolute Gasteiger partial charge is 0.416 e. The minimum atomic E-state index is -4.44. The highest BCUT2D eigenvalue weighted by molar-refractivity contribution is 5.93. The van der Waals surface area contributed by atoms with Gasteiger partial charge in [0.05, 0.1) is 18.7 Å². The lowest BCUT2D eigenvalue weighted by Crippen LogP contribution is -2.28. The average Bonchev–Trinajstić information content (AvgIpc) is 2.31. The number of anilines is 1. The smallest absolute Gasteiger partial charge is 0.325 e. The summed E-state index contributed by atoms with van der Waals surface area (Å²) in [6.45, 7) is 1.78. The minimum Gasteiger partial charge on any atom is -0.325 e. The van der Waals surface area contributed by atoms with Gasteiger partial charge in [0.25, 0.3) is 0 Å². The molecule has 0 heterocycles. The molecule has 2 N–H and O–H groups in total. The molecule has 1 aromatic rings. The highest BCUT2D eigenvalue weighted by atomic mass is 19.4. The highest BCUT2D eigenvalue weighted by Gasteiger charge is 2.30. The number of hydrogen-bond acceptors (Lipinski definition) is 2. The standard InChI is InChI=1S/C13H13F3N2O/c1-3-6-17-8-12(19)18-11-7-10(13(14,15)16)5-4-9(11)2/h1,4-5,7,17H,6,8H2,2H3,(H,18,19). The lowest BCUT2D eigenvalue weighted by atomic mass is 10.1. The van der Waals surface area contributed by atoms with E-state index in [4.69, 9.17) is 6.42 Å². The Morgan fingerprint density at radius 2 is 2.11 bits per heavy atom. The Labute approximate surface area is 109 Å². The number of alkyl halides is 3. The molecule has 0 bridgehead atoms. The van der Waals surface area contributed by atoms with Gasteiger partial charge in [0.15, 0.2) is 0 Å². The molecule has 0 aliphatic rings. The zero-order valence-electron chi connectivity index (χ0n) is 10.3. The Hall–Kier alpha value is -2.00. The van der Waals surface area contributed by atoms with Gasteiger partial charge in [0.1, 0.15) is 0 Å². The number of carbonyl (C=O) groups excluding carboxylic acids is 1. The molecule has 1 amide bonds. The van der Waals surface area contributed by atoms with Gasteiger partial charge in [-0.1, -0.05) is 12.0 Å². The van der Waals surface area contributed by atoms with E-state index in [-0.39, 0.29) is 18.8 Å². The van der Waals surface area contributed by atoms with E-state index in [1.165, 1.54) is 6.07 Å². The normalized spacial score (nSPS) is 10.9. The first kappa shape index (κ1) is 15.1. The zero-order chi connectivity index (χ0) is 14.5. The molecule has 0 aliphatic heterocycles. The molecule has 0 aromatic heterocycles. The molecule has 6 heteroatoms. The Kier molecular flexibility index (Phi) is 4.95. The van der Waals surface area contributed by atoms with Crippen LogP contribution in [0.1, 0.15) is 11.1 Å². The van der Waals surface area contributed by atoms with Crippen LogP contribution in [0.5, 0.6) is 0 Å². The van der Waals surface area contributed by atoms with Crippen molar-refractivity contribution in [2.24, 2.45) is 0 Å². The van der Waals surface area contributed by atoms with Gasteiger partial charge in [-0.3, -0.25) is 10.1 Å². The van der Waals surface area contributed by atoms with Crippen molar-refractivity contribution in [3.05, 3.63) is 29.3 Å². The maximum atomic E-state index is 12.5. The average molecular weight is 270 g/mol. The number of benzene rings is 1. The number of rotatable bonds is 4. The number of amides is 1. The van der Waals surface area contributed by atoms with Gasteiger partial charge in [0, 0.05) is 5.69 Å². The fourth-order valence-electron chi connectivity index (χ4n) is 1.38. The number of carbonyl (C=O) groups is 1. The first-order chi connectivity index (χ1) is 8.84. The molecule has 0 aliphatic carbocycles. The molecular weight excluding hydrogens is 257 g/mol. The summed E-state index contributed by atoms with van der Waals surface area (Å²) < 4.78 is 37.6. The molecule has 0 atom stereocenters. The Balaban J connectivity index is 2.78. The molecule has 0 fully saturated rings. The van der Waals surface area contributed by atoms with Crippen LogP contribution < -0.4 is 10.6 Å². The topological polar surface area (TPSA) is 41.1 Å². The minimum absolute atomic E-state index is 0.0557. The van der Waals surface area contributed by atoms with Crippen molar-refractivity contribution in [2.75, 3.05) is 18.4 Å². The monoisotopic (exact) mass is 270 g/mol. The third-order valence-electron chi connectivity index (χ3n) is 2.35. The predicted molar refractivity (Wildman–Crippen MR) is 66.5 cm³/mol. The third-order valence-corrected chi connectivity index (χ3v) is 2.35. The Morgan fingerprint density at radius 3 is 2.68 bits per heavy atom. The van der Waals surface area contributed by atoms with Gasteiger partial charge in [0.2, 0.25) is 5.91 Å². The number of aryl methyl sites for hydroxylation is 1. The second-order valence-electron chi connectivity index (χ2n) is 3.88. The number of nitrogens with one attached hydrogen (secondary N) is 2. The van der Waals surface area contributed by atoms with Crippen LogP contribution in [0, 0.1) is 19.3 Å². The van der Waals surface area contributed by atoms with E-state index in [9.17, 15) is 18.0 Å². The van der Waals surface area contributed by atoms with Gasteiger partial charge < -0.3 is 5.32 Å². The molecule has 3 nitrogen and oxygen atoms in total. The van der Waals surface area contributed by atoms with E-state index in [1.54, 1.807) is 6.92 Å². The lowest BCUT2D eigenvalue weighted by molar-refractivity contribution is -0.137. The van der Waals surface area contributed by atoms with Crippen molar-refractivity contribution in [2.45, 2.75) is 13.1 Å². The zero-order valence-corrected chi connectivity index (χ0v) is 10.3. The predicted octanol–water partition coefficient (Wildman–Crippen LogP) is 2.18. The summed E-state index contributed by atoms with van der Waals surface area (Å²) in [6.07, 6.45) is 0.554. The van der Waals surface area contributed by atoms with Gasteiger partial charge >= 0.3 is 6.18 Å². The maximum Gasteiger partial charge on any atom is 0.416 e. The van der Waals surface area contributed by atoms with Crippen molar-refractivity contribution in [1.82, 2.24) is 5.32 Å². The second kappa shape index (κ2) is 6.25. The fraction of sp³-hybridized carbons (Fsp3) is 0.308. The molecule has 1 aromatic carbocycles. The molecular formula is C13H13F3N2O. The van der Waals surface area contributed by atoms with Crippen LogP contribution in [0.25, 0.3) is 0 Å². The van der Waals surface area contributed by atoms with E-state index in [2.05, 4.69) is 16.6 Å². The van der Waals surface area contributed by atoms with Crippen molar-refractivity contribution in [3.8, 4) is 12.3 Å². The van der Waals surface area contributed by atoms with Crippen molar-refractivity contribution in [1.29, 1.82) is 0 Å². The summed E-state index contributed by atoms with van der Waals surface area (Å²) in [4.78, 5) is 11.5. The number of terminal acetylenes is 1. The van der Waals surface area contributed by atoms with Gasteiger partial charge in [-0.15, -0.1) is 6.42 Å². The van der Waals surface area contributed by atoms with Crippen molar-refractivity contribution < 1.29 is 18.0 Å². The summed E-state index contributed by atoms with van der Waals surface area (Å²) in [5.74, 6) is 1.84. The van der Waals surface area contributed by atoms with Crippen LogP contribution in [0.4, 0.5) is 18.9 Å². The van der Waals surface area contributed by atoms with Crippen LogP contribution in [0.15, 0.2) is 18.2 Å². The molecule has 0 radical (unpaired) electrons. The molecule has 0 unspecified atom stereocenters. The first-order valence-electron chi connectivity index (χ1n) is 5.46. The molecule has 19 heavy (non-hydrogen) atoms. The van der Waals surface area contributed by atoms with Gasteiger partial charge in [-0.2, -0.15) is 13.2 Å². The van der Waals surface area contributed by atoms with Crippen LogP contribution >= 0.6 is 0 Å². The maximum absolute atomic E-state index is 12.5. The molecule has 102 valence electrons. The quantitative estimate of drug-likeness (QED) is 0.650. The molecule has 0 saturated heterocycles. The molecule has 0 spiro atoms. The van der Waals surface area contributed by atoms with E-state index in [0.29, 0.717) is 5.56 Å². The van der Waals surface area contributed by atoms with Crippen LogP contribution in [0.3, 0.4) is 0 Å². The molecule has 1 rings (SSSR count). The second-order valence-corrected chi connectivity index (χ2v) is 3.88. The van der Waals surface area contributed by atoms with Gasteiger partial charge in [-0.25, -0.2) is 0 Å². The molecule has 0 saturated carbocycles. The number of halogens is 3. The summed E-state index contributed by atoms with van der Waals surface area (Å²) in [7, 11) is 0. The summed E-state index contributed by atoms with van der Waals surface area (Å²) in [5.41, 5.74) is -0.106. The lowest BCUT2D eigenvalue weighted by Gasteiger charge is -2.12.